The van der Waals surface area contributed by atoms with Crippen LogP contribution in [0.15, 0.2) is 0 Å². The zero-order valence-electron chi connectivity index (χ0n) is 8.75. The van der Waals surface area contributed by atoms with E-state index in [0.717, 1.165) is 12.5 Å². The van der Waals surface area contributed by atoms with Crippen molar-refractivity contribution in [1.29, 1.82) is 0 Å². The third kappa shape index (κ3) is 6.55. The summed E-state index contributed by atoms with van der Waals surface area (Å²) < 4.78 is 0. The van der Waals surface area contributed by atoms with E-state index in [1.807, 2.05) is 0 Å². The van der Waals surface area contributed by atoms with Crippen molar-refractivity contribution in [1.82, 2.24) is 10.2 Å². The predicted molar refractivity (Wildman–Crippen MR) is 63.2 cm³/mol. The van der Waals surface area contributed by atoms with Gasteiger partial charge in [-0.1, -0.05) is 13.8 Å². The Bertz CT molecular complexity index is 118. The van der Waals surface area contributed by atoms with E-state index in [1.165, 1.54) is 19.6 Å². The second-order valence-corrected chi connectivity index (χ2v) is 4.01. The lowest BCUT2D eigenvalue weighted by Crippen LogP contribution is -2.50. The van der Waals surface area contributed by atoms with Crippen molar-refractivity contribution in [2.45, 2.75) is 26.8 Å². The number of hydrogen-bond acceptors (Lipinski definition) is 2. The average Bonchev–Trinajstić information content (AvgIpc) is 1.85. The van der Waals surface area contributed by atoms with Gasteiger partial charge in [-0.2, -0.15) is 0 Å². The van der Waals surface area contributed by atoms with Gasteiger partial charge in [0.1, 0.15) is 0 Å². The van der Waals surface area contributed by atoms with Gasteiger partial charge in [-0.3, -0.25) is 0 Å². The van der Waals surface area contributed by atoms with Gasteiger partial charge in [0.25, 0.3) is 0 Å². The summed E-state index contributed by atoms with van der Waals surface area (Å²) in [6.07, 6.45) is 0. The molecule has 1 aliphatic rings. The Kier molecular flexibility index (Phi) is 9.65. The van der Waals surface area contributed by atoms with Crippen molar-refractivity contribution in [3.05, 3.63) is 0 Å². The van der Waals surface area contributed by atoms with Crippen LogP contribution in [0.3, 0.4) is 0 Å². The van der Waals surface area contributed by atoms with E-state index in [4.69, 9.17) is 0 Å². The van der Waals surface area contributed by atoms with Crippen LogP contribution in [0.2, 0.25) is 0 Å². The molecule has 1 fully saturated rings. The maximum absolute atomic E-state index is 3.44. The SMILES string of the molecule is CC(C)CN1CCN[C@@H](C)C1.Cl.Cl. The van der Waals surface area contributed by atoms with Gasteiger partial charge in [-0.25, -0.2) is 0 Å². The second-order valence-electron chi connectivity index (χ2n) is 4.01. The highest BCUT2D eigenvalue weighted by Gasteiger charge is 2.15. The maximum Gasteiger partial charge on any atom is 0.0167 e. The lowest BCUT2D eigenvalue weighted by molar-refractivity contribution is 0.188. The van der Waals surface area contributed by atoms with Crippen LogP contribution in [-0.2, 0) is 0 Å². The van der Waals surface area contributed by atoms with Gasteiger partial charge in [0.2, 0.25) is 0 Å². The van der Waals surface area contributed by atoms with Crippen molar-refractivity contribution in [2.75, 3.05) is 26.2 Å². The van der Waals surface area contributed by atoms with Crippen LogP contribution >= 0.6 is 24.8 Å². The van der Waals surface area contributed by atoms with Gasteiger partial charge in [-0.05, 0) is 12.8 Å². The second kappa shape index (κ2) is 7.86. The Morgan fingerprint density at radius 1 is 1.38 bits per heavy atom. The Morgan fingerprint density at radius 2 is 2.00 bits per heavy atom. The summed E-state index contributed by atoms with van der Waals surface area (Å²) >= 11 is 0. The summed E-state index contributed by atoms with van der Waals surface area (Å²) in [5, 5.41) is 3.44. The number of halogens is 2. The van der Waals surface area contributed by atoms with Crippen LogP contribution in [0.5, 0.6) is 0 Å². The molecule has 1 saturated heterocycles. The fourth-order valence-corrected chi connectivity index (χ4v) is 1.69. The average molecular weight is 229 g/mol. The van der Waals surface area contributed by atoms with E-state index in [-0.39, 0.29) is 24.8 Å². The van der Waals surface area contributed by atoms with Gasteiger partial charge >= 0.3 is 0 Å². The molecule has 0 unspecified atom stereocenters. The van der Waals surface area contributed by atoms with E-state index < -0.39 is 0 Å². The smallest absolute Gasteiger partial charge is 0.0167 e. The number of hydrogen-bond donors (Lipinski definition) is 1. The zero-order valence-corrected chi connectivity index (χ0v) is 10.4. The molecule has 0 saturated carbocycles. The van der Waals surface area contributed by atoms with Gasteiger partial charge < -0.3 is 10.2 Å². The van der Waals surface area contributed by atoms with Crippen molar-refractivity contribution >= 4 is 24.8 Å². The molecule has 1 N–H and O–H groups in total. The fraction of sp³-hybridized carbons (Fsp3) is 1.00. The predicted octanol–water partition coefficient (Wildman–Crippen LogP) is 1.78. The normalized spacial score (nSPS) is 23.5. The Morgan fingerprint density at radius 3 is 2.46 bits per heavy atom. The van der Waals surface area contributed by atoms with Crippen molar-refractivity contribution in [3.63, 3.8) is 0 Å². The first-order valence-electron chi connectivity index (χ1n) is 4.64. The van der Waals surface area contributed by atoms with Crippen LogP contribution < -0.4 is 5.32 Å². The molecule has 0 aromatic rings. The molecule has 1 aliphatic heterocycles. The molecule has 2 nitrogen and oxygen atoms in total. The van der Waals surface area contributed by atoms with Crippen molar-refractivity contribution in [3.8, 4) is 0 Å². The third-order valence-corrected chi connectivity index (χ3v) is 2.08. The summed E-state index contributed by atoms with van der Waals surface area (Å²) in [5.74, 6) is 0.806. The van der Waals surface area contributed by atoms with E-state index in [2.05, 4.69) is 31.0 Å². The number of nitrogens with one attached hydrogen (secondary N) is 1. The molecule has 4 heteroatoms. The first-order chi connectivity index (χ1) is 5.18. The first-order valence-corrected chi connectivity index (χ1v) is 4.64. The standard InChI is InChI=1S/C9H20N2.2ClH/c1-8(2)6-11-5-4-10-9(3)7-11;;/h8-10H,4-7H2,1-3H3;2*1H/t9-;;/m0../s1. The first kappa shape index (κ1) is 15.9. The van der Waals surface area contributed by atoms with E-state index in [0.29, 0.717) is 6.04 Å². The topological polar surface area (TPSA) is 15.3 Å². The number of nitrogens with zero attached hydrogens (tertiary/aromatic N) is 1. The van der Waals surface area contributed by atoms with E-state index in [9.17, 15) is 0 Å². The molecule has 0 amide bonds. The van der Waals surface area contributed by atoms with Crippen LogP contribution in [0.4, 0.5) is 0 Å². The van der Waals surface area contributed by atoms with Gasteiger partial charge in [0.05, 0.1) is 0 Å². The summed E-state index contributed by atoms with van der Waals surface area (Å²) in [6.45, 7) is 11.7. The molecule has 1 heterocycles. The molecule has 13 heavy (non-hydrogen) atoms. The Labute approximate surface area is 94.3 Å². The van der Waals surface area contributed by atoms with Crippen LogP contribution in [0.25, 0.3) is 0 Å². The highest BCUT2D eigenvalue weighted by Crippen LogP contribution is 2.02. The Balaban J connectivity index is 0. The molecule has 0 aliphatic carbocycles. The quantitative estimate of drug-likeness (QED) is 0.776. The molecule has 0 aromatic heterocycles. The molecule has 1 rings (SSSR count). The minimum atomic E-state index is 0. The van der Waals surface area contributed by atoms with Crippen molar-refractivity contribution < 1.29 is 0 Å². The minimum Gasteiger partial charge on any atom is -0.312 e. The maximum atomic E-state index is 3.44. The largest absolute Gasteiger partial charge is 0.312 e. The summed E-state index contributed by atoms with van der Waals surface area (Å²) in [4.78, 5) is 2.55. The zero-order chi connectivity index (χ0) is 8.27. The van der Waals surface area contributed by atoms with Crippen LogP contribution in [0.1, 0.15) is 20.8 Å². The van der Waals surface area contributed by atoms with Crippen LogP contribution in [0, 0.1) is 5.92 Å². The number of piperazine rings is 1. The lowest BCUT2D eigenvalue weighted by atomic mass is 10.1. The molecular formula is C9H22Cl2N2. The van der Waals surface area contributed by atoms with Crippen LogP contribution in [-0.4, -0.2) is 37.1 Å². The highest BCUT2D eigenvalue weighted by molar-refractivity contribution is 5.85. The molecule has 1 atom stereocenters. The highest BCUT2D eigenvalue weighted by atomic mass is 35.5. The minimum absolute atomic E-state index is 0. The van der Waals surface area contributed by atoms with Crippen molar-refractivity contribution in [2.24, 2.45) is 5.92 Å². The Hall–Kier alpha value is 0.500. The number of rotatable bonds is 2. The van der Waals surface area contributed by atoms with Gasteiger partial charge in [-0.15, -0.1) is 24.8 Å². The van der Waals surface area contributed by atoms with E-state index >= 15 is 0 Å². The molecule has 0 spiro atoms. The summed E-state index contributed by atoms with van der Waals surface area (Å²) in [5.41, 5.74) is 0. The lowest BCUT2D eigenvalue weighted by Gasteiger charge is -2.32. The summed E-state index contributed by atoms with van der Waals surface area (Å²) in [6, 6.07) is 0.683. The third-order valence-electron chi connectivity index (χ3n) is 2.08. The van der Waals surface area contributed by atoms with Gasteiger partial charge in [0, 0.05) is 32.2 Å². The molecule has 0 radical (unpaired) electrons. The monoisotopic (exact) mass is 228 g/mol. The fourth-order valence-electron chi connectivity index (χ4n) is 1.69. The molecule has 82 valence electrons. The van der Waals surface area contributed by atoms with E-state index in [1.54, 1.807) is 0 Å². The molecule has 0 aromatic carbocycles. The molecular weight excluding hydrogens is 207 g/mol. The van der Waals surface area contributed by atoms with Gasteiger partial charge in [0.15, 0.2) is 0 Å². The molecule has 0 bridgehead atoms. The summed E-state index contributed by atoms with van der Waals surface area (Å²) in [7, 11) is 0.